The van der Waals surface area contributed by atoms with Crippen molar-refractivity contribution in [3.05, 3.63) is 20.8 Å². The summed E-state index contributed by atoms with van der Waals surface area (Å²) >= 11 is 5.36. The van der Waals surface area contributed by atoms with Crippen molar-refractivity contribution in [2.75, 3.05) is 6.54 Å². The molecule has 0 aromatic carbocycles. The lowest BCUT2D eigenvalue weighted by Gasteiger charge is -2.19. The van der Waals surface area contributed by atoms with Gasteiger partial charge < -0.3 is 5.32 Å². The molecule has 0 fully saturated rings. The van der Waals surface area contributed by atoms with Crippen LogP contribution in [0.3, 0.4) is 0 Å². The van der Waals surface area contributed by atoms with Crippen LogP contribution in [0.4, 0.5) is 0 Å². The van der Waals surface area contributed by atoms with Gasteiger partial charge in [0.25, 0.3) is 0 Å². The van der Waals surface area contributed by atoms with Crippen LogP contribution in [0.5, 0.6) is 0 Å². The third-order valence-electron chi connectivity index (χ3n) is 2.18. The van der Waals surface area contributed by atoms with Crippen molar-refractivity contribution >= 4 is 27.3 Å². The van der Waals surface area contributed by atoms with Crippen LogP contribution >= 0.6 is 27.3 Å². The van der Waals surface area contributed by atoms with Gasteiger partial charge in [-0.3, -0.25) is 0 Å². The van der Waals surface area contributed by atoms with Gasteiger partial charge >= 0.3 is 0 Å². The monoisotopic (exact) mass is 275 g/mol. The van der Waals surface area contributed by atoms with E-state index in [0.29, 0.717) is 6.04 Å². The average Bonchev–Trinajstić information content (AvgIpc) is 2.50. The molecule has 0 aliphatic carbocycles. The number of rotatable bonds is 5. The Morgan fingerprint density at radius 1 is 1.43 bits per heavy atom. The first-order valence-electron chi connectivity index (χ1n) is 5.10. The molecule has 1 nitrogen and oxygen atoms in total. The second kappa shape index (κ2) is 5.89. The summed E-state index contributed by atoms with van der Waals surface area (Å²) < 4.78 is 1.24. The molecular formula is C11H18BrNS. The Labute approximate surface area is 99.0 Å². The van der Waals surface area contributed by atoms with Crippen LogP contribution in [0.2, 0.25) is 0 Å². The highest BCUT2D eigenvalue weighted by atomic mass is 79.9. The second-order valence-corrected chi connectivity index (χ2v) is 5.51. The third-order valence-corrected chi connectivity index (χ3v) is 3.93. The van der Waals surface area contributed by atoms with Crippen molar-refractivity contribution in [1.82, 2.24) is 5.32 Å². The Balaban J connectivity index is 2.72. The third kappa shape index (κ3) is 3.37. The molecule has 0 saturated carbocycles. The summed E-state index contributed by atoms with van der Waals surface area (Å²) in [6.45, 7) is 7.72. The van der Waals surface area contributed by atoms with Gasteiger partial charge in [-0.05, 0) is 45.8 Å². The van der Waals surface area contributed by atoms with Gasteiger partial charge in [0.1, 0.15) is 0 Å². The Morgan fingerprint density at radius 3 is 2.57 bits per heavy atom. The Kier molecular flexibility index (Phi) is 5.13. The fourth-order valence-electron chi connectivity index (χ4n) is 1.58. The summed E-state index contributed by atoms with van der Waals surface area (Å²) in [5.41, 5.74) is 1.41. The van der Waals surface area contributed by atoms with E-state index in [-0.39, 0.29) is 0 Å². The Morgan fingerprint density at radius 2 is 2.14 bits per heavy atom. The van der Waals surface area contributed by atoms with Gasteiger partial charge in [-0.1, -0.05) is 20.8 Å². The molecule has 1 heterocycles. The van der Waals surface area contributed by atoms with Gasteiger partial charge in [-0.2, -0.15) is 11.3 Å². The molecule has 3 heteroatoms. The largest absolute Gasteiger partial charge is 0.310 e. The first kappa shape index (κ1) is 12.2. The van der Waals surface area contributed by atoms with Crippen LogP contribution < -0.4 is 5.32 Å². The van der Waals surface area contributed by atoms with Crippen molar-refractivity contribution in [3.63, 3.8) is 0 Å². The first-order valence-corrected chi connectivity index (χ1v) is 6.83. The smallest absolute Gasteiger partial charge is 0.0342 e. The lowest BCUT2D eigenvalue weighted by atomic mass is 9.99. The minimum Gasteiger partial charge on any atom is -0.310 e. The van der Waals surface area contributed by atoms with Crippen molar-refractivity contribution in [1.29, 1.82) is 0 Å². The normalized spacial score (nSPS) is 13.5. The molecule has 14 heavy (non-hydrogen) atoms. The number of hydrogen-bond acceptors (Lipinski definition) is 2. The molecule has 0 aliphatic heterocycles. The predicted octanol–water partition coefficient (Wildman–Crippen LogP) is 4.21. The average molecular weight is 276 g/mol. The zero-order valence-corrected chi connectivity index (χ0v) is 11.4. The Bertz CT molecular complexity index is 270. The van der Waals surface area contributed by atoms with E-state index in [2.05, 4.69) is 52.8 Å². The second-order valence-electron chi connectivity index (χ2n) is 3.91. The summed E-state index contributed by atoms with van der Waals surface area (Å²) in [6, 6.07) is 0.501. The van der Waals surface area contributed by atoms with Crippen LogP contribution in [-0.4, -0.2) is 6.54 Å². The zero-order chi connectivity index (χ0) is 10.6. The Hall–Kier alpha value is 0.140. The van der Waals surface area contributed by atoms with Gasteiger partial charge in [0.05, 0.1) is 0 Å². The summed E-state index contributed by atoms with van der Waals surface area (Å²) in [6.07, 6.45) is 1.20. The van der Waals surface area contributed by atoms with E-state index in [9.17, 15) is 0 Å². The van der Waals surface area contributed by atoms with Crippen LogP contribution in [0.25, 0.3) is 0 Å². The standard InChI is InChI=1S/C11H18BrNS/c1-4-13-11(5-8(2)3)9-6-14-7-10(9)12/h6-8,11,13H,4-5H2,1-3H3. The molecule has 0 aliphatic rings. The molecular weight excluding hydrogens is 258 g/mol. The fourth-order valence-corrected chi connectivity index (χ4v) is 3.21. The maximum Gasteiger partial charge on any atom is 0.0342 e. The van der Waals surface area contributed by atoms with E-state index in [1.54, 1.807) is 11.3 Å². The van der Waals surface area contributed by atoms with Gasteiger partial charge in [-0.25, -0.2) is 0 Å². The van der Waals surface area contributed by atoms with Crippen molar-refractivity contribution in [2.24, 2.45) is 5.92 Å². The quantitative estimate of drug-likeness (QED) is 0.849. The van der Waals surface area contributed by atoms with Crippen LogP contribution in [0, 0.1) is 5.92 Å². The fraction of sp³-hybridized carbons (Fsp3) is 0.636. The first-order chi connectivity index (χ1) is 6.65. The molecule has 1 aromatic heterocycles. The van der Waals surface area contributed by atoms with Crippen molar-refractivity contribution in [2.45, 2.75) is 33.2 Å². The van der Waals surface area contributed by atoms with E-state index in [4.69, 9.17) is 0 Å². The van der Waals surface area contributed by atoms with E-state index in [0.717, 1.165) is 12.5 Å². The summed E-state index contributed by atoms with van der Waals surface area (Å²) in [5.74, 6) is 0.728. The van der Waals surface area contributed by atoms with E-state index < -0.39 is 0 Å². The van der Waals surface area contributed by atoms with E-state index >= 15 is 0 Å². The predicted molar refractivity (Wildman–Crippen MR) is 67.9 cm³/mol. The summed E-state index contributed by atoms with van der Waals surface area (Å²) in [4.78, 5) is 0. The lowest BCUT2D eigenvalue weighted by Crippen LogP contribution is -2.22. The van der Waals surface area contributed by atoms with E-state index in [1.165, 1.54) is 16.5 Å². The topological polar surface area (TPSA) is 12.0 Å². The molecule has 1 aromatic rings. The van der Waals surface area contributed by atoms with Gasteiger partial charge in [0, 0.05) is 15.9 Å². The number of halogens is 1. The number of thiophene rings is 1. The summed E-state index contributed by atoms with van der Waals surface area (Å²) in [7, 11) is 0. The minimum absolute atomic E-state index is 0.501. The zero-order valence-electron chi connectivity index (χ0n) is 9.01. The molecule has 0 radical (unpaired) electrons. The number of nitrogens with one attached hydrogen (secondary N) is 1. The molecule has 0 bridgehead atoms. The molecule has 80 valence electrons. The van der Waals surface area contributed by atoms with Gasteiger partial charge in [0.2, 0.25) is 0 Å². The lowest BCUT2D eigenvalue weighted by molar-refractivity contribution is 0.438. The van der Waals surface area contributed by atoms with Gasteiger partial charge in [0.15, 0.2) is 0 Å². The number of hydrogen-bond donors (Lipinski definition) is 1. The van der Waals surface area contributed by atoms with Gasteiger partial charge in [-0.15, -0.1) is 0 Å². The molecule has 1 atom stereocenters. The van der Waals surface area contributed by atoms with Crippen molar-refractivity contribution < 1.29 is 0 Å². The highest BCUT2D eigenvalue weighted by molar-refractivity contribution is 9.10. The van der Waals surface area contributed by atoms with Crippen LogP contribution in [-0.2, 0) is 0 Å². The minimum atomic E-state index is 0.501. The molecule has 0 saturated heterocycles. The van der Waals surface area contributed by atoms with Crippen molar-refractivity contribution in [3.8, 4) is 0 Å². The molecule has 0 spiro atoms. The van der Waals surface area contributed by atoms with Crippen LogP contribution in [0.1, 0.15) is 38.8 Å². The maximum atomic E-state index is 3.60. The summed E-state index contributed by atoms with van der Waals surface area (Å²) in [5, 5.41) is 7.92. The highest BCUT2D eigenvalue weighted by Crippen LogP contribution is 2.30. The molecule has 1 rings (SSSR count). The maximum absolute atomic E-state index is 3.60. The SMILES string of the molecule is CCNC(CC(C)C)c1cscc1Br. The molecule has 0 amide bonds. The van der Waals surface area contributed by atoms with Crippen LogP contribution in [0.15, 0.2) is 15.2 Å². The highest BCUT2D eigenvalue weighted by Gasteiger charge is 2.15. The molecule has 1 N–H and O–H groups in total. The molecule has 1 unspecified atom stereocenters. The van der Waals surface area contributed by atoms with E-state index in [1.807, 2.05) is 0 Å².